The van der Waals surface area contributed by atoms with Crippen LogP contribution in [0.3, 0.4) is 0 Å². The molecule has 0 heterocycles. The summed E-state index contributed by atoms with van der Waals surface area (Å²) < 4.78 is 10.9. The van der Waals surface area contributed by atoms with Crippen molar-refractivity contribution in [2.45, 2.75) is 45.3 Å². The van der Waals surface area contributed by atoms with E-state index >= 15 is 0 Å². The smallest absolute Gasteiger partial charge is 0.338 e. The molecule has 0 aromatic heterocycles. The Labute approximate surface area is 145 Å². The van der Waals surface area contributed by atoms with E-state index in [1.807, 2.05) is 13.8 Å². The Morgan fingerprint density at radius 1 is 1.16 bits per heavy atom. The third-order valence-corrected chi connectivity index (χ3v) is 4.82. The number of benzene rings is 1. The molecular formula is C18H21NO6. The average Bonchev–Trinajstić information content (AvgIpc) is 3.34. The molecule has 7 heteroatoms. The van der Waals surface area contributed by atoms with Crippen LogP contribution in [0.25, 0.3) is 0 Å². The Balaban J connectivity index is 1.62. The summed E-state index contributed by atoms with van der Waals surface area (Å²) >= 11 is 0. The van der Waals surface area contributed by atoms with Crippen molar-refractivity contribution in [2.24, 2.45) is 17.8 Å². The van der Waals surface area contributed by atoms with Gasteiger partial charge in [0, 0.05) is 12.1 Å². The van der Waals surface area contributed by atoms with Crippen LogP contribution >= 0.6 is 0 Å². The molecule has 7 nitrogen and oxygen atoms in total. The number of ether oxygens (including phenoxy) is 2. The van der Waals surface area contributed by atoms with Gasteiger partial charge in [-0.05, 0) is 57.1 Å². The molecule has 0 saturated heterocycles. The van der Waals surface area contributed by atoms with E-state index in [1.54, 1.807) is 0 Å². The first kappa shape index (κ1) is 17.4. The van der Waals surface area contributed by atoms with Crippen LogP contribution in [-0.4, -0.2) is 29.1 Å². The first-order valence-corrected chi connectivity index (χ1v) is 8.51. The predicted octanol–water partition coefficient (Wildman–Crippen LogP) is 3.12. The summed E-state index contributed by atoms with van der Waals surface area (Å²) in [4.78, 5) is 34.6. The number of nitro groups is 1. The lowest BCUT2D eigenvalue weighted by molar-refractivity contribution is -0.384. The highest BCUT2D eigenvalue weighted by Gasteiger charge is 2.52. The Morgan fingerprint density at radius 2 is 1.84 bits per heavy atom. The van der Waals surface area contributed by atoms with Gasteiger partial charge in [-0.3, -0.25) is 14.9 Å². The van der Waals surface area contributed by atoms with Gasteiger partial charge < -0.3 is 9.47 Å². The Hall–Kier alpha value is -2.44. The second kappa shape index (κ2) is 6.82. The molecule has 3 rings (SSSR count). The van der Waals surface area contributed by atoms with Crippen LogP contribution in [0.4, 0.5) is 5.69 Å². The molecule has 134 valence electrons. The molecule has 25 heavy (non-hydrogen) atoms. The van der Waals surface area contributed by atoms with Crippen molar-refractivity contribution in [1.29, 1.82) is 0 Å². The van der Waals surface area contributed by atoms with Gasteiger partial charge in [-0.25, -0.2) is 4.79 Å². The fourth-order valence-electron chi connectivity index (χ4n) is 3.50. The summed E-state index contributed by atoms with van der Waals surface area (Å²) in [7, 11) is 0. The average molecular weight is 347 g/mol. The maximum atomic E-state index is 12.3. The van der Waals surface area contributed by atoms with Crippen LogP contribution in [0.15, 0.2) is 24.3 Å². The van der Waals surface area contributed by atoms with E-state index < -0.39 is 10.9 Å². The van der Waals surface area contributed by atoms with Gasteiger partial charge in [0.05, 0.1) is 22.5 Å². The SMILES string of the molecule is CC(C)OC(=O)[C@@H]1C[C@@H]2C[C@@H]2[C@@H](OC(=O)c2ccc([N+](=O)[O-])cc2)C1. The molecular weight excluding hydrogens is 326 g/mol. The monoisotopic (exact) mass is 347 g/mol. The molecule has 2 aliphatic carbocycles. The van der Waals surface area contributed by atoms with Crippen molar-refractivity contribution in [2.75, 3.05) is 0 Å². The zero-order valence-electron chi connectivity index (χ0n) is 14.2. The van der Waals surface area contributed by atoms with E-state index in [-0.39, 0.29) is 35.3 Å². The van der Waals surface area contributed by atoms with E-state index in [4.69, 9.17) is 9.47 Å². The topological polar surface area (TPSA) is 95.7 Å². The van der Waals surface area contributed by atoms with Crippen LogP contribution in [0.1, 0.15) is 43.5 Å². The van der Waals surface area contributed by atoms with Crippen LogP contribution in [0.5, 0.6) is 0 Å². The van der Waals surface area contributed by atoms with E-state index in [1.165, 1.54) is 24.3 Å². The van der Waals surface area contributed by atoms with Gasteiger partial charge in [0.1, 0.15) is 6.10 Å². The lowest BCUT2D eigenvalue weighted by atomic mass is 9.87. The summed E-state index contributed by atoms with van der Waals surface area (Å²) in [5, 5.41) is 10.7. The van der Waals surface area contributed by atoms with Crippen LogP contribution in [0.2, 0.25) is 0 Å². The summed E-state index contributed by atoms with van der Waals surface area (Å²) in [5.74, 6) is -0.251. The van der Waals surface area contributed by atoms with Gasteiger partial charge in [-0.2, -0.15) is 0 Å². The van der Waals surface area contributed by atoms with Crippen molar-refractivity contribution in [3.63, 3.8) is 0 Å². The Kier molecular flexibility index (Phi) is 4.74. The second-order valence-electron chi connectivity index (χ2n) is 7.06. The minimum absolute atomic E-state index is 0.0760. The molecule has 2 aliphatic rings. The van der Waals surface area contributed by atoms with Crippen LogP contribution in [-0.2, 0) is 14.3 Å². The summed E-state index contributed by atoms with van der Waals surface area (Å²) in [6.07, 6.45) is 1.77. The molecule has 0 amide bonds. The van der Waals surface area contributed by atoms with Crippen molar-refractivity contribution in [3.8, 4) is 0 Å². The van der Waals surface area contributed by atoms with Gasteiger partial charge in [0.25, 0.3) is 5.69 Å². The van der Waals surface area contributed by atoms with Gasteiger partial charge >= 0.3 is 11.9 Å². The number of carbonyl (C=O) groups is 2. The normalized spacial score (nSPS) is 27.3. The molecule has 1 aromatic rings. The molecule has 0 bridgehead atoms. The molecule has 0 N–H and O–H groups in total. The summed E-state index contributed by atoms with van der Waals surface area (Å²) in [6.45, 7) is 3.62. The lowest BCUT2D eigenvalue weighted by Crippen LogP contribution is -2.33. The quantitative estimate of drug-likeness (QED) is 0.461. The van der Waals surface area contributed by atoms with Crippen LogP contribution in [0, 0.1) is 27.9 Å². The number of esters is 2. The summed E-state index contributed by atoms with van der Waals surface area (Å²) in [5.41, 5.74) is 0.197. The minimum atomic E-state index is -0.518. The predicted molar refractivity (Wildman–Crippen MR) is 87.8 cm³/mol. The van der Waals surface area contributed by atoms with Crippen LogP contribution < -0.4 is 0 Å². The van der Waals surface area contributed by atoms with Crippen molar-refractivity contribution in [3.05, 3.63) is 39.9 Å². The maximum absolute atomic E-state index is 12.3. The van der Waals surface area contributed by atoms with Crippen molar-refractivity contribution < 1.29 is 24.0 Å². The highest BCUT2D eigenvalue weighted by Crippen LogP contribution is 2.53. The van der Waals surface area contributed by atoms with E-state index in [0.717, 1.165) is 12.8 Å². The van der Waals surface area contributed by atoms with Gasteiger partial charge in [0.2, 0.25) is 0 Å². The molecule has 2 saturated carbocycles. The van der Waals surface area contributed by atoms with Gasteiger partial charge in [-0.1, -0.05) is 0 Å². The second-order valence-corrected chi connectivity index (χ2v) is 7.06. The number of nitro benzene ring substituents is 1. The minimum Gasteiger partial charge on any atom is -0.463 e. The molecule has 0 spiro atoms. The lowest BCUT2D eigenvalue weighted by Gasteiger charge is -2.27. The molecule has 0 unspecified atom stereocenters. The number of nitrogens with zero attached hydrogens (tertiary/aromatic N) is 1. The zero-order chi connectivity index (χ0) is 18.1. The maximum Gasteiger partial charge on any atom is 0.338 e. The molecule has 2 fully saturated rings. The van der Waals surface area contributed by atoms with Crippen molar-refractivity contribution >= 4 is 17.6 Å². The number of fused-ring (bicyclic) bond motifs is 1. The molecule has 0 radical (unpaired) electrons. The number of hydrogen-bond acceptors (Lipinski definition) is 6. The third kappa shape index (κ3) is 3.97. The van der Waals surface area contributed by atoms with E-state index in [0.29, 0.717) is 18.3 Å². The zero-order valence-corrected chi connectivity index (χ0v) is 14.2. The largest absolute Gasteiger partial charge is 0.463 e. The van der Waals surface area contributed by atoms with E-state index in [2.05, 4.69) is 0 Å². The fraction of sp³-hybridized carbons (Fsp3) is 0.556. The number of hydrogen-bond donors (Lipinski definition) is 0. The number of carbonyl (C=O) groups excluding carboxylic acids is 2. The summed E-state index contributed by atoms with van der Waals surface area (Å²) in [6, 6.07) is 5.33. The first-order chi connectivity index (χ1) is 11.8. The Morgan fingerprint density at radius 3 is 2.44 bits per heavy atom. The van der Waals surface area contributed by atoms with Gasteiger partial charge in [0.15, 0.2) is 0 Å². The molecule has 0 aliphatic heterocycles. The number of rotatable bonds is 5. The fourth-order valence-corrected chi connectivity index (χ4v) is 3.50. The molecule has 4 atom stereocenters. The van der Waals surface area contributed by atoms with Crippen molar-refractivity contribution in [1.82, 2.24) is 0 Å². The van der Waals surface area contributed by atoms with Gasteiger partial charge in [-0.15, -0.1) is 0 Å². The Bertz CT molecular complexity index is 683. The number of non-ortho nitro benzene ring substituents is 1. The standard InChI is InChI=1S/C18H21NO6/c1-10(2)24-18(21)13-7-12-8-15(12)16(9-13)25-17(20)11-3-5-14(6-4-11)19(22)23/h3-6,10,12-13,15-16H,7-9H2,1-2H3/t12-,13-,15+,16+/m1/s1. The van der Waals surface area contributed by atoms with E-state index in [9.17, 15) is 19.7 Å². The first-order valence-electron chi connectivity index (χ1n) is 8.51. The third-order valence-electron chi connectivity index (χ3n) is 4.82. The molecule has 1 aromatic carbocycles. The highest BCUT2D eigenvalue weighted by molar-refractivity contribution is 5.89. The highest BCUT2D eigenvalue weighted by atomic mass is 16.6.